The Morgan fingerprint density at radius 2 is 2.05 bits per heavy atom. The molecule has 0 radical (unpaired) electrons. The molecule has 120 valence electrons. The molecule has 1 unspecified atom stereocenters. The zero-order chi connectivity index (χ0) is 16.2. The molecule has 1 aliphatic rings. The van der Waals surface area contributed by atoms with Crippen molar-refractivity contribution in [2.24, 2.45) is 0 Å². The minimum Gasteiger partial charge on any atom is -0.356 e. The van der Waals surface area contributed by atoms with E-state index in [4.69, 9.17) is 0 Å². The topological polar surface area (TPSA) is 104 Å². The van der Waals surface area contributed by atoms with Gasteiger partial charge < -0.3 is 10.6 Å². The quantitative estimate of drug-likeness (QED) is 0.648. The molecule has 0 saturated heterocycles. The van der Waals surface area contributed by atoms with Crippen LogP contribution in [0.1, 0.15) is 24.3 Å². The third kappa shape index (κ3) is 4.54. The molecule has 2 amide bonds. The number of amides is 2. The normalized spacial score (nSPS) is 17.5. The zero-order valence-corrected chi connectivity index (χ0v) is 13.1. The Hall–Kier alpha value is -1.93. The highest BCUT2D eigenvalue weighted by molar-refractivity contribution is 7.88. The van der Waals surface area contributed by atoms with Crippen molar-refractivity contribution in [1.29, 1.82) is 0 Å². The van der Waals surface area contributed by atoms with Gasteiger partial charge in [-0.3, -0.25) is 9.59 Å². The summed E-state index contributed by atoms with van der Waals surface area (Å²) in [4.78, 5) is 23.9. The van der Waals surface area contributed by atoms with Crippen LogP contribution in [0.15, 0.2) is 24.3 Å². The maximum absolute atomic E-state index is 12.2. The average Bonchev–Trinajstić information content (AvgIpc) is 2.44. The minimum atomic E-state index is -3.21. The van der Waals surface area contributed by atoms with E-state index in [-0.39, 0.29) is 24.8 Å². The van der Waals surface area contributed by atoms with Crippen LogP contribution in [0.5, 0.6) is 0 Å². The molecular formula is C14H19N3O4S. The maximum atomic E-state index is 12.2. The molecule has 0 aliphatic carbocycles. The first-order chi connectivity index (χ1) is 10.4. The van der Waals surface area contributed by atoms with Crippen LogP contribution in [0.4, 0.5) is 5.69 Å². The molecule has 0 bridgehead atoms. The number of para-hydroxylation sites is 1. The van der Waals surface area contributed by atoms with Crippen molar-refractivity contribution in [3.05, 3.63) is 29.8 Å². The molecule has 0 spiro atoms. The lowest BCUT2D eigenvalue weighted by Crippen LogP contribution is -2.36. The Bertz CT molecular complexity index is 672. The number of benzene rings is 1. The molecule has 1 aromatic carbocycles. The summed E-state index contributed by atoms with van der Waals surface area (Å²) < 4.78 is 24.2. The Labute approximate surface area is 129 Å². The van der Waals surface area contributed by atoms with Gasteiger partial charge in [0.2, 0.25) is 21.8 Å². The first-order valence-corrected chi connectivity index (χ1v) is 8.87. The van der Waals surface area contributed by atoms with Crippen molar-refractivity contribution in [2.45, 2.75) is 18.8 Å². The highest BCUT2D eigenvalue weighted by Crippen LogP contribution is 2.31. The largest absolute Gasteiger partial charge is 0.356 e. The van der Waals surface area contributed by atoms with Gasteiger partial charge in [0.1, 0.15) is 0 Å². The van der Waals surface area contributed by atoms with Gasteiger partial charge in [0, 0.05) is 25.2 Å². The van der Waals surface area contributed by atoms with Gasteiger partial charge >= 0.3 is 0 Å². The van der Waals surface area contributed by atoms with Crippen molar-refractivity contribution in [3.63, 3.8) is 0 Å². The first-order valence-electron chi connectivity index (χ1n) is 6.98. The molecule has 3 N–H and O–H groups in total. The maximum Gasteiger partial charge on any atom is 0.228 e. The van der Waals surface area contributed by atoms with E-state index in [0.29, 0.717) is 18.7 Å². The van der Waals surface area contributed by atoms with Crippen LogP contribution in [-0.2, 0) is 19.6 Å². The molecule has 1 aliphatic heterocycles. The standard InChI is InChI=1S/C14H19N3O4S/c1-22(20,21)16-8-4-7-15-14(19)11-9-13(18)17-12-6-3-2-5-10(11)12/h2-3,5-6,11,16H,4,7-9H2,1H3,(H,15,19)(H,17,18). The number of sulfonamides is 1. The fourth-order valence-corrected chi connectivity index (χ4v) is 2.84. The minimum absolute atomic E-state index is 0.116. The Balaban J connectivity index is 1.89. The molecule has 1 aromatic rings. The van der Waals surface area contributed by atoms with Crippen molar-refractivity contribution in [3.8, 4) is 0 Å². The summed E-state index contributed by atoms with van der Waals surface area (Å²) in [6.07, 6.45) is 1.69. The number of fused-ring (bicyclic) bond motifs is 1. The van der Waals surface area contributed by atoms with Crippen molar-refractivity contribution in [1.82, 2.24) is 10.0 Å². The smallest absolute Gasteiger partial charge is 0.228 e. The SMILES string of the molecule is CS(=O)(=O)NCCCNC(=O)C1CC(=O)Nc2ccccc21. The number of hydrogen-bond acceptors (Lipinski definition) is 4. The third-order valence-corrected chi connectivity index (χ3v) is 4.06. The Kier molecular flexibility index (Phi) is 5.15. The average molecular weight is 325 g/mol. The van der Waals surface area contributed by atoms with Gasteiger partial charge in [-0.15, -0.1) is 0 Å². The van der Waals surface area contributed by atoms with Crippen LogP contribution in [0.3, 0.4) is 0 Å². The summed E-state index contributed by atoms with van der Waals surface area (Å²) in [6.45, 7) is 0.614. The monoisotopic (exact) mass is 325 g/mol. The van der Waals surface area contributed by atoms with Crippen molar-refractivity contribution in [2.75, 3.05) is 24.7 Å². The summed E-state index contributed by atoms with van der Waals surface area (Å²) in [7, 11) is -3.21. The molecule has 8 heteroatoms. The highest BCUT2D eigenvalue weighted by Gasteiger charge is 2.29. The van der Waals surface area contributed by atoms with E-state index < -0.39 is 15.9 Å². The van der Waals surface area contributed by atoms with Gasteiger partial charge in [-0.2, -0.15) is 0 Å². The summed E-state index contributed by atoms with van der Waals surface area (Å²) in [6, 6.07) is 7.22. The van der Waals surface area contributed by atoms with Crippen LogP contribution >= 0.6 is 0 Å². The highest BCUT2D eigenvalue weighted by atomic mass is 32.2. The lowest BCUT2D eigenvalue weighted by atomic mass is 9.90. The van der Waals surface area contributed by atoms with E-state index >= 15 is 0 Å². The van der Waals surface area contributed by atoms with Gasteiger partial charge in [0.15, 0.2) is 0 Å². The molecular weight excluding hydrogens is 306 g/mol. The molecule has 0 fully saturated rings. The number of anilines is 1. The van der Waals surface area contributed by atoms with E-state index in [1.165, 1.54) is 0 Å². The lowest BCUT2D eigenvalue weighted by molar-refractivity contribution is -0.126. The van der Waals surface area contributed by atoms with Gasteiger partial charge in [-0.05, 0) is 18.1 Å². The number of nitrogens with one attached hydrogen (secondary N) is 3. The molecule has 2 rings (SSSR count). The number of hydrogen-bond donors (Lipinski definition) is 3. The fourth-order valence-electron chi connectivity index (χ4n) is 2.33. The second-order valence-electron chi connectivity index (χ2n) is 5.20. The summed E-state index contributed by atoms with van der Waals surface area (Å²) in [5.74, 6) is -0.910. The third-order valence-electron chi connectivity index (χ3n) is 3.33. The number of carbonyl (C=O) groups excluding carboxylic acids is 2. The molecule has 0 saturated carbocycles. The van der Waals surface area contributed by atoms with Crippen molar-refractivity contribution < 1.29 is 18.0 Å². The predicted molar refractivity (Wildman–Crippen MR) is 82.9 cm³/mol. The zero-order valence-electron chi connectivity index (χ0n) is 12.3. The van der Waals surface area contributed by atoms with E-state index in [0.717, 1.165) is 11.8 Å². The van der Waals surface area contributed by atoms with Crippen LogP contribution in [-0.4, -0.2) is 39.6 Å². The number of rotatable bonds is 6. The van der Waals surface area contributed by atoms with E-state index in [1.54, 1.807) is 12.1 Å². The van der Waals surface area contributed by atoms with Gasteiger partial charge in [0.05, 0.1) is 12.2 Å². The van der Waals surface area contributed by atoms with Crippen LogP contribution < -0.4 is 15.4 Å². The number of carbonyl (C=O) groups is 2. The van der Waals surface area contributed by atoms with Crippen molar-refractivity contribution >= 4 is 27.5 Å². The fraction of sp³-hybridized carbons (Fsp3) is 0.429. The van der Waals surface area contributed by atoms with Crippen LogP contribution in [0, 0.1) is 0 Å². The predicted octanol–water partition coefficient (Wildman–Crippen LogP) is 0.168. The summed E-state index contributed by atoms with van der Waals surface area (Å²) >= 11 is 0. The van der Waals surface area contributed by atoms with E-state index in [9.17, 15) is 18.0 Å². The Morgan fingerprint density at radius 1 is 1.32 bits per heavy atom. The van der Waals surface area contributed by atoms with Gasteiger partial charge in [0.25, 0.3) is 0 Å². The van der Waals surface area contributed by atoms with E-state index in [1.807, 2.05) is 12.1 Å². The molecule has 22 heavy (non-hydrogen) atoms. The molecule has 1 heterocycles. The second kappa shape index (κ2) is 6.89. The molecule has 0 aromatic heterocycles. The first kappa shape index (κ1) is 16.4. The summed E-state index contributed by atoms with van der Waals surface area (Å²) in [5, 5.41) is 5.49. The van der Waals surface area contributed by atoms with Crippen LogP contribution in [0.25, 0.3) is 0 Å². The van der Waals surface area contributed by atoms with Gasteiger partial charge in [-0.1, -0.05) is 18.2 Å². The molecule has 7 nitrogen and oxygen atoms in total. The molecule has 1 atom stereocenters. The lowest BCUT2D eigenvalue weighted by Gasteiger charge is -2.24. The Morgan fingerprint density at radius 3 is 2.77 bits per heavy atom. The second-order valence-corrected chi connectivity index (χ2v) is 7.04. The summed E-state index contributed by atoms with van der Waals surface area (Å²) in [5.41, 5.74) is 1.46. The van der Waals surface area contributed by atoms with Gasteiger partial charge in [-0.25, -0.2) is 13.1 Å². The van der Waals surface area contributed by atoms with E-state index in [2.05, 4.69) is 15.4 Å². The van der Waals surface area contributed by atoms with Crippen LogP contribution in [0.2, 0.25) is 0 Å².